The maximum absolute atomic E-state index is 13.3. The van der Waals surface area contributed by atoms with Crippen LogP contribution in [0.25, 0.3) is 70.3 Å². The molecule has 2 heterocycles. The van der Waals surface area contributed by atoms with Crippen LogP contribution in [0, 0.1) is 18.0 Å². The number of hydrogen-bond acceptors (Lipinski definition) is 5. The maximum atomic E-state index is 13.3. The van der Waals surface area contributed by atoms with Crippen molar-refractivity contribution in [2.75, 3.05) is 0 Å². The Morgan fingerprint density at radius 2 is 1.00 bits per heavy atom. The third-order valence-electron chi connectivity index (χ3n) is 7.88. The quantitative estimate of drug-likeness (QED) is 0.0842. The lowest BCUT2D eigenvalue weighted by Crippen LogP contribution is -2.07. The Morgan fingerprint density at radius 1 is 0.565 bits per heavy atom. The van der Waals surface area contributed by atoms with Crippen LogP contribution in [-0.2, 0) is 12.4 Å². The molecule has 0 fully saturated rings. The van der Waals surface area contributed by atoms with Crippen molar-refractivity contribution in [3.8, 4) is 28.4 Å². The molecule has 0 atom stereocenters. The highest BCUT2D eigenvalue weighted by atomic mass is 19.4. The predicted octanol–water partition coefficient (Wildman–Crippen LogP) is 8.45. The largest absolute Gasteiger partial charge is 0.433 e. The van der Waals surface area contributed by atoms with Crippen molar-refractivity contribution in [1.29, 1.82) is 5.26 Å². The highest BCUT2D eigenvalue weighted by Gasteiger charge is 2.33. The molecule has 7 rings (SSSR count). The van der Waals surface area contributed by atoms with Crippen molar-refractivity contribution < 1.29 is 26.3 Å². The Hall–Kier alpha value is -6.14. The molecule has 0 amide bonds. The molecule has 5 aromatic carbocycles. The first-order valence-electron chi connectivity index (χ1n) is 13.4. The number of hydrogen-bond donors (Lipinski definition) is 0. The van der Waals surface area contributed by atoms with E-state index in [0.717, 1.165) is 24.5 Å². The van der Waals surface area contributed by atoms with E-state index in [1.165, 1.54) is 12.1 Å². The van der Waals surface area contributed by atoms with Gasteiger partial charge in [0.2, 0.25) is 6.19 Å². The van der Waals surface area contributed by atoms with Crippen LogP contribution >= 0.6 is 0 Å². The van der Waals surface area contributed by atoms with Crippen molar-refractivity contribution in [3.05, 3.63) is 119 Å². The van der Waals surface area contributed by atoms with Gasteiger partial charge in [-0.2, -0.15) is 43.2 Å². The lowest BCUT2D eigenvalue weighted by molar-refractivity contribution is -0.141. The van der Waals surface area contributed by atoms with Crippen LogP contribution in [0.1, 0.15) is 11.4 Å². The summed E-state index contributed by atoms with van der Waals surface area (Å²) in [6.07, 6.45) is -5.26. The minimum atomic E-state index is -4.62. The fraction of sp³-hybridized carbons (Fsp3) is 0.0588. The van der Waals surface area contributed by atoms with Gasteiger partial charge < -0.3 is 0 Å². The Kier molecular flexibility index (Phi) is 6.35. The molecule has 0 radical (unpaired) electrons. The van der Waals surface area contributed by atoms with Gasteiger partial charge >= 0.3 is 12.4 Å². The molecule has 222 valence electrons. The number of alkyl halides is 6. The minimum Gasteiger partial charge on any atom is -0.252 e. The average molecular weight is 621 g/mol. The number of rotatable bonds is 2. The van der Waals surface area contributed by atoms with Gasteiger partial charge in [0.05, 0.1) is 10.5 Å². The topological polar surface area (TPSA) is 78.6 Å². The second-order valence-electron chi connectivity index (χ2n) is 10.4. The van der Waals surface area contributed by atoms with Crippen molar-refractivity contribution in [3.63, 3.8) is 0 Å². The second-order valence-corrected chi connectivity index (χ2v) is 10.4. The zero-order chi connectivity index (χ0) is 32.4. The summed E-state index contributed by atoms with van der Waals surface area (Å²) in [7, 11) is 0. The van der Waals surface area contributed by atoms with Gasteiger partial charge in [0, 0.05) is 33.9 Å². The highest BCUT2D eigenvalue weighted by molar-refractivity contribution is 6.21. The van der Waals surface area contributed by atoms with Gasteiger partial charge in [-0.3, -0.25) is 9.97 Å². The fourth-order valence-corrected chi connectivity index (χ4v) is 5.90. The number of nitriles is 1. The number of fused-ring (bicyclic) bond motifs is 6. The van der Waals surface area contributed by atoms with E-state index in [9.17, 15) is 31.6 Å². The number of halogens is 6. The summed E-state index contributed by atoms with van der Waals surface area (Å²) in [4.78, 5) is 14.2. The summed E-state index contributed by atoms with van der Waals surface area (Å²) < 4.78 is 80.0. The van der Waals surface area contributed by atoms with E-state index in [1.54, 1.807) is 36.4 Å². The highest BCUT2D eigenvalue weighted by Crippen LogP contribution is 2.37. The Balaban J connectivity index is 1.48. The fourth-order valence-electron chi connectivity index (χ4n) is 5.90. The number of benzene rings is 3. The average Bonchev–Trinajstić information content (AvgIpc) is 3.50. The van der Waals surface area contributed by atoms with E-state index in [2.05, 4.69) is 25.0 Å². The normalized spacial score (nSPS) is 13.2. The molecule has 0 aliphatic rings. The Labute approximate surface area is 254 Å². The van der Waals surface area contributed by atoms with Gasteiger partial charge in [0.15, 0.2) is 5.36 Å². The lowest BCUT2D eigenvalue weighted by atomic mass is 10.0. The zero-order valence-electron chi connectivity index (χ0n) is 23.0. The molecule has 0 spiro atoms. The molecule has 0 saturated heterocycles. The first-order valence-corrected chi connectivity index (χ1v) is 13.4. The molecule has 12 heteroatoms. The smallest absolute Gasteiger partial charge is 0.252 e. The Morgan fingerprint density at radius 3 is 1.46 bits per heavy atom. The van der Waals surface area contributed by atoms with Crippen LogP contribution in [0.4, 0.5) is 26.3 Å². The predicted molar refractivity (Wildman–Crippen MR) is 159 cm³/mol. The summed E-state index contributed by atoms with van der Waals surface area (Å²) in [5, 5.41) is 19.3. The van der Waals surface area contributed by atoms with Crippen LogP contribution in [0.15, 0.2) is 95.3 Å². The molecule has 46 heavy (non-hydrogen) atoms. The molecular formula is C34H14F6N6. The standard InChI is InChI=1S/C34H14F6N6/c1-42-46-32-26-11-18(20-7-9-44-30(13-20)34(38,39)40)3-5-22(26)24-14-27-23(15-28(24)32)21-4-2-17(10-25(21)31(27)45-16-41)19-6-8-43-29(12-19)33(35,36)37/h2-15H/b45-31?,46-32-. The molecule has 0 aliphatic heterocycles. The molecular weight excluding hydrogens is 606 g/mol. The van der Waals surface area contributed by atoms with E-state index in [1.807, 2.05) is 18.3 Å². The van der Waals surface area contributed by atoms with E-state index >= 15 is 0 Å². The number of nitrogens with zero attached hydrogens (tertiary/aromatic N) is 6. The third-order valence-corrected chi connectivity index (χ3v) is 7.88. The van der Waals surface area contributed by atoms with Gasteiger partial charge in [0.1, 0.15) is 11.4 Å². The van der Waals surface area contributed by atoms with Crippen LogP contribution in [0.5, 0.6) is 0 Å². The molecule has 0 bridgehead atoms. The molecule has 0 saturated carbocycles. The van der Waals surface area contributed by atoms with Gasteiger partial charge in [-0.1, -0.05) is 24.3 Å². The minimum absolute atomic E-state index is 0.285. The van der Waals surface area contributed by atoms with Gasteiger partial charge in [-0.25, -0.2) is 0 Å². The van der Waals surface area contributed by atoms with E-state index in [0.29, 0.717) is 64.9 Å². The third kappa shape index (κ3) is 4.59. The zero-order valence-corrected chi connectivity index (χ0v) is 23.0. The van der Waals surface area contributed by atoms with Crippen LogP contribution in [0.2, 0.25) is 0 Å². The van der Waals surface area contributed by atoms with Crippen molar-refractivity contribution >= 4 is 43.1 Å². The summed E-state index contributed by atoms with van der Waals surface area (Å²) in [6, 6.07) is 18.6. The van der Waals surface area contributed by atoms with Crippen molar-refractivity contribution in [2.24, 2.45) is 10.1 Å². The lowest BCUT2D eigenvalue weighted by Gasteiger charge is -2.08. The number of aromatic nitrogens is 2. The monoisotopic (exact) mass is 620 g/mol. The summed E-state index contributed by atoms with van der Waals surface area (Å²) >= 11 is 0. The summed E-state index contributed by atoms with van der Waals surface area (Å²) in [5.74, 6) is 0. The number of pyridine rings is 2. The molecule has 6 nitrogen and oxygen atoms in total. The van der Waals surface area contributed by atoms with Crippen LogP contribution in [-0.4, -0.2) is 9.97 Å². The van der Waals surface area contributed by atoms with Crippen LogP contribution < -0.4 is 10.7 Å². The van der Waals surface area contributed by atoms with Gasteiger partial charge in [0.25, 0.3) is 0 Å². The van der Waals surface area contributed by atoms with E-state index in [-0.39, 0.29) is 11.1 Å². The molecule has 2 aromatic heterocycles. The summed E-state index contributed by atoms with van der Waals surface area (Å²) in [5.41, 5.74) is -0.553. The summed E-state index contributed by atoms with van der Waals surface area (Å²) in [6.45, 7) is 7.46. The maximum Gasteiger partial charge on any atom is 0.433 e. The SMILES string of the molecule is [C-]#[N+]/N=c1/c2cc(-c3ccnc(C(F)(F)F)c3)ccc2c2cc3c(=NC#N)c4cc(-c5ccnc(C(F)(F)F)c5)ccc4c3cc12. The van der Waals surface area contributed by atoms with Crippen LogP contribution in [0.3, 0.4) is 0 Å². The molecule has 0 aliphatic carbocycles. The van der Waals surface area contributed by atoms with E-state index in [4.69, 9.17) is 6.57 Å². The van der Waals surface area contributed by atoms with Gasteiger partial charge in [-0.15, -0.1) is 4.95 Å². The van der Waals surface area contributed by atoms with E-state index < -0.39 is 23.7 Å². The van der Waals surface area contributed by atoms with Crippen molar-refractivity contribution in [1.82, 2.24) is 9.97 Å². The second kappa shape index (κ2) is 10.2. The van der Waals surface area contributed by atoms with Crippen molar-refractivity contribution in [2.45, 2.75) is 12.4 Å². The molecule has 0 N–H and O–H groups in total. The first kappa shape index (κ1) is 28.6. The van der Waals surface area contributed by atoms with Gasteiger partial charge in [-0.05, 0) is 92.3 Å². The first-order chi connectivity index (χ1) is 22.0. The Bertz CT molecular complexity index is 2410. The molecule has 7 aromatic rings. The molecule has 0 unspecified atom stereocenters.